The number of aryl methyl sites for hydroxylation is 1. The molecule has 3 aromatic heterocycles. The Hall–Kier alpha value is -3.67. The van der Waals surface area contributed by atoms with E-state index in [1.165, 1.54) is 29.2 Å². The zero-order valence-electron chi connectivity index (χ0n) is 23.3. The lowest BCUT2D eigenvalue weighted by molar-refractivity contribution is 0.158. The fourth-order valence-electron chi connectivity index (χ4n) is 5.98. The lowest BCUT2D eigenvalue weighted by Crippen LogP contribution is -2.47. The van der Waals surface area contributed by atoms with Crippen molar-refractivity contribution in [1.82, 2.24) is 34.9 Å². The molecule has 9 nitrogen and oxygen atoms in total. The molecule has 0 unspecified atom stereocenters. The van der Waals surface area contributed by atoms with Gasteiger partial charge in [0.05, 0.1) is 39.1 Å². The van der Waals surface area contributed by atoms with E-state index in [0.717, 1.165) is 24.8 Å². The van der Waals surface area contributed by atoms with Gasteiger partial charge < -0.3 is 0 Å². The lowest BCUT2D eigenvalue weighted by atomic mass is 9.54. The number of hydrogen-bond donors (Lipinski definition) is 0. The first-order valence-electron chi connectivity index (χ1n) is 13.7. The number of aromatic nitrogens is 7. The highest BCUT2D eigenvalue weighted by Gasteiger charge is 2.52. The molecule has 12 heteroatoms. The topological polar surface area (TPSA) is 116 Å². The molecule has 0 bridgehead atoms. The Bertz CT molecular complexity index is 1730. The molecule has 3 heterocycles. The normalized spacial score (nSPS) is 22.0. The second-order valence-electron chi connectivity index (χ2n) is 11.9. The zero-order chi connectivity index (χ0) is 29.2. The van der Waals surface area contributed by atoms with Crippen molar-refractivity contribution in [2.24, 2.45) is 5.41 Å². The summed E-state index contributed by atoms with van der Waals surface area (Å²) in [5.74, 6) is -0.608. The van der Waals surface area contributed by atoms with E-state index in [1.54, 1.807) is 12.3 Å². The summed E-state index contributed by atoms with van der Waals surface area (Å²) in [6, 6.07) is 7.31. The van der Waals surface area contributed by atoms with Crippen molar-refractivity contribution < 1.29 is 17.2 Å². The van der Waals surface area contributed by atoms with Gasteiger partial charge in [0.1, 0.15) is 18.0 Å². The molecule has 0 spiro atoms. The first-order chi connectivity index (χ1) is 19.4. The van der Waals surface area contributed by atoms with Crippen molar-refractivity contribution in [1.29, 1.82) is 0 Å². The lowest BCUT2D eigenvalue weighted by Gasteiger charge is -2.49. The van der Waals surface area contributed by atoms with Crippen LogP contribution in [0.4, 0.5) is 8.78 Å². The smallest absolute Gasteiger partial charge is 0.229 e. The molecule has 0 N–H and O–H groups in total. The molecule has 6 rings (SSSR count). The number of sulfone groups is 1. The van der Waals surface area contributed by atoms with Gasteiger partial charge in [-0.15, -0.1) is 10.2 Å². The summed E-state index contributed by atoms with van der Waals surface area (Å²) in [5.41, 5.74) is 1.14. The van der Waals surface area contributed by atoms with Gasteiger partial charge in [-0.3, -0.25) is 0 Å². The molecule has 2 aliphatic rings. The zero-order valence-corrected chi connectivity index (χ0v) is 24.2. The van der Waals surface area contributed by atoms with E-state index < -0.39 is 26.9 Å². The molecule has 1 saturated carbocycles. The van der Waals surface area contributed by atoms with E-state index in [9.17, 15) is 17.2 Å². The van der Waals surface area contributed by atoms with Gasteiger partial charge in [0, 0.05) is 12.6 Å². The van der Waals surface area contributed by atoms with E-state index in [0.29, 0.717) is 23.2 Å². The summed E-state index contributed by atoms with van der Waals surface area (Å²) in [4.78, 5) is 13.6. The van der Waals surface area contributed by atoms with E-state index in [-0.39, 0.29) is 40.0 Å². The molecular weight excluding hydrogens is 548 g/mol. The minimum Gasteiger partial charge on any atom is -0.229 e. The number of rotatable bonds is 7. The van der Waals surface area contributed by atoms with Gasteiger partial charge in [0.2, 0.25) is 0 Å². The van der Waals surface area contributed by atoms with E-state index in [4.69, 9.17) is 4.98 Å². The second kappa shape index (κ2) is 9.71. The average Bonchev–Trinajstić information content (AvgIpc) is 3.69. The molecule has 0 aliphatic heterocycles. The summed E-state index contributed by atoms with van der Waals surface area (Å²) in [6.07, 6.45) is 5.58. The Labute approximate surface area is 237 Å². The minimum atomic E-state index is -3.12. The second-order valence-corrected chi connectivity index (χ2v) is 14.3. The number of halogens is 2. The molecule has 0 radical (unpaired) electrons. The number of hydrogen-bond acceptors (Lipinski definition) is 8. The third-order valence-corrected chi connectivity index (χ3v) is 11.0. The molecule has 2 aliphatic carbocycles. The summed E-state index contributed by atoms with van der Waals surface area (Å²) >= 11 is 0. The van der Waals surface area contributed by atoms with Gasteiger partial charge in [-0.1, -0.05) is 26.8 Å². The van der Waals surface area contributed by atoms with Crippen LogP contribution < -0.4 is 0 Å². The van der Waals surface area contributed by atoms with Gasteiger partial charge in [-0.25, -0.2) is 32.2 Å². The highest BCUT2D eigenvalue weighted by molar-refractivity contribution is 7.92. The molecule has 4 aromatic rings. The third-order valence-electron chi connectivity index (χ3n) is 8.76. The maximum absolute atomic E-state index is 14.6. The standard InChI is InChI=1S/C29H31F2N7O2S/c1-17-15-28(2,3)29(4,26-19(17)14-22(35-36-26)25-20(30)6-5-7-21(25)31)23-10-12-32-27(34-23)38-16-33-24(37-38)11-13-41(39,40)18-8-9-18/h5-7,10,12,14,16-18H,8-9,11,13,15H2,1-4H3/t17-,29+/m1/s1. The molecule has 214 valence electrons. The Balaban J connectivity index is 1.37. The maximum Gasteiger partial charge on any atom is 0.252 e. The SMILES string of the molecule is C[C@@H]1CC(C)(C)[C@@](C)(c2ccnc(-n3cnc(CCS(=O)(=O)C4CC4)n3)n2)c2nnc(-c3c(F)cccc3F)cc21. The van der Waals surface area contributed by atoms with Crippen molar-refractivity contribution in [3.05, 3.63) is 77.3 Å². The van der Waals surface area contributed by atoms with E-state index in [1.807, 2.05) is 6.07 Å². The summed E-state index contributed by atoms with van der Waals surface area (Å²) in [5, 5.41) is 13.1. The Morgan fingerprint density at radius 2 is 1.78 bits per heavy atom. The molecule has 0 saturated heterocycles. The van der Waals surface area contributed by atoms with Gasteiger partial charge in [0.25, 0.3) is 5.95 Å². The number of nitrogens with zero attached hydrogens (tertiary/aromatic N) is 7. The van der Waals surface area contributed by atoms with Gasteiger partial charge >= 0.3 is 0 Å². The van der Waals surface area contributed by atoms with E-state index in [2.05, 4.69) is 53.0 Å². The van der Waals surface area contributed by atoms with Crippen LogP contribution in [0, 0.1) is 17.0 Å². The van der Waals surface area contributed by atoms with Crippen LogP contribution in [0.1, 0.15) is 75.7 Å². The van der Waals surface area contributed by atoms with E-state index >= 15 is 0 Å². The monoisotopic (exact) mass is 579 g/mol. The van der Waals surface area contributed by atoms with Crippen LogP contribution >= 0.6 is 0 Å². The Morgan fingerprint density at radius 1 is 1.05 bits per heavy atom. The maximum atomic E-state index is 14.6. The van der Waals surface area contributed by atoms with Crippen LogP contribution in [0.2, 0.25) is 0 Å². The predicted octanol–water partition coefficient (Wildman–Crippen LogP) is 4.75. The van der Waals surface area contributed by atoms with Crippen LogP contribution in [0.15, 0.2) is 42.9 Å². The molecule has 2 atom stereocenters. The van der Waals surface area contributed by atoms with Crippen LogP contribution in [0.3, 0.4) is 0 Å². The van der Waals surface area contributed by atoms with Crippen molar-refractivity contribution in [2.45, 2.75) is 70.0 Å². The molecule has 41 heavy (non-hydrogen) atoms. The summed E-state index contributed by atoms with van der Waals surface area (Å²) in [7, 11) is -3.12. The molecule has 0 amide bonds. The molecule has 1 aromatic carbocycles. The first kappa shape index (κ1) is 27.5. The number of fused-ring (bicyclic) bond motifs is 1. The fourth-order valence-corrected chi connectivity index (χ4v) is 7.63. The van der Waals surface area contributed by atoms with Gasteiger partial charge in [-0.2, -0.15) is 9.78 Å². The van der Waals surface area contributed by atoms with Crippen LogP contribution in [0.5, 0.6) is 0 Å². The molecular formula is C29H31F2N7O2S. The average molecular weight is 580 g/mol. The minimum absolute atomic E-state index is 0.0151. The predicted molar refractivity (Wildman–Crippen MR) is 148 cm³/mol. The highest BCUT2D eigenvalue weighted by atomic mass is 32.2. The Kier molecular flexibility index (Phi) is 6.51. The van der Waals surface area contributed by atoms with Gasteiger partial charge in [-0.05, 0) is 67.3 Å². The van der Waals surface area contributed by atoms with Crippen LogP contribution in [0.25, 0.3) is 17.2 Å². The van der Waals surface area contributed by atoms with Crippen LogP contribution in [-0.4, -0.2) is 54.4 Å². The third kappa shape index (κ3) is 4.71. The van der Waals surface area contributed by atoms with Crippen LogP contribution in [-0.2, 0) is 21.7 Å². The van der Waals surface area contributed by atoms with Crippen molar-refractivity contribution in [3.8, 4) is 17.2 Å². The Morgan fingerprint density at radius 3 is 2.49 bits per heavy atom. The van der Waals surface area contributed by atoms with Gasteiger partial charge in [0.15, 0.2) is 15.7 Å². The quantitative estimate of drug-likeness (QED) is 0.308. The first-order valence-corrected chi connectivity index (χ1v) is 15.4. The van der Waals surface area contributed by atoms with Crippen molar-refractivity contribution in [2.75, 3.05) is 5.75 Å². The summed E-state index contributed by atoms with van der Waals surface area (Å²) in [6.45, 7) is 8.43. The largest absolute Gasteiger partial charge is 0.252 e. The summed E-state index contributed by atoms with van der Waals surface area (Å²) < 4.78 is 55.2. The van der Waals surface area contributed by atoms with Crippen molar-refractivity contribution >= 4 is 9.84 Å². The molecule has 1 fully saturated rings. The van der Waals surface area contributed by atoms with Crippen molar-refractivity contribution in [3.63, 3.8) is 0 Å². The number of benzene rings is 1. The highest BCUT2D eigenvalue weighted by Crippen LogP contribution is 2.56. The fraction of sp³-hybridized carbons (Fsp3) is 0.448.